The van der Waals surface area contributed by atoms with Crippen molar-refractivity contribution in [1.29, 1.82) is 0 Å². The quantitative estimate of drug-likeness (QED) is 0.503. The van der Waals surface area contributed by atoms with Gasteiger partial charge in [-0.2, -0.15) is 0 Å². The Morgan fingerprint density at radius 2 is 1.72 bits per heavy atom. The number of amides is 3. The second kappa shape index (κ2) is 10.1. The van der Waals surface area contributed by atoms with Crippen LogP contribution < -0.4 is 15.1 Å². The Labute approximate surface area is 187 Å². The Balaban J connectivity index is 1.56. The SMILES string of the molecule is CCN(c1ccc(NC(=O)COC(=O)c2cccc(N3C(=O)CCC3=O)c2)cc1)C(C)C. The van der Waals surface area contributed by atoms with E-state index in [4.69, 9.17) is 4.74 Å². The lowest BCUT2D eigenvalue weighted by Gasteiger charge is -2.27. The monoisotopic (exact) mass is 437 g/mol. The zero-order valence-corrected chi connectivity index (χ0v) is 18.5. The molecule has 32 heavy (non-hydrogen) atoms. The standard InChI is InChI=1S/C24H27N3O5/c1-4-26(16(2)3)19-10-8-18(9-11-19)25-21(28)15-32-24(31)17-6-5-7-20(14-17)27-22(29)12-13-23(27)30/h5-11,14,16H,4,12-13,15H2,1-3H3,(H,25,28). The maximum Gasteiger partial charge on any atom is 0.338 e. The Morgan fingerprint density at radius 3 is 2.31 bits per heavy atom. The summed E-state index contributed by atoms with van der Waals surface area (Å²) in [7, 11) is 0. The van der Waals surface area contributed by atoms with Gasteiger partial charge in [-0.15, -0.1) is 0 Å². The third-order valence-corrected chi connectivity index (χ3v) is 5.17. The molecule has 8 nitrogen and oxygen atoms in total. The summed E-state index contributed by atoms with van der Waals surface area (Å²) < 4.78 is 5.10. The molecular formula is C24H27N3O5. The Bertz CT molecular complexity index is 1000. The number of benzene rings is 2. The van der Waals surface area contributed by atoms with Crippen LogP contribution in [0.3, 0.4) is 0 Å². The minimum atomic E-state index is -0.716. The molecule has 0 radical (unpaired) electrons. The third-order valence-electron chi connectivity index (χ3n) is 5.17. The van der Waals surface area contributed by atoms with Crippen molar-refractivity contribution in [3.63, 3.8) is 0 Å². The number of anilines is 3. The van der Waals surface area contributed by atoms with Crippen molar-refractivity contribution in [3.05, 3.63) is 54.1 Å². The fraction of sp³-hybridized carbons (Fsp3) is 0.333. The average molecular weight is 437 g/mol. The van der Waals surface area contributed by atoms with Gasteiger partial charge in [0.1, 0.15) is 0 Å². The van der Waals surface area contributed by atoms with E-state index < -0.39 is 18.5 Å². The smallest absolute Gasteiger partial charge is 0.338 e. The number of ether oxygens (including phenoxy) is 1. The largest absolute Gasteiger partial charge is 0.452 e. The molecule has 0 atom stereocenters. The van der Waals surface area contributed by atoms with Crippen LogP contribution in [0.15, 0.2) is 48.5 Å². The number of hydrogen-bond donors (Lipinski definition) is 1. The number of imide groups is 1. The van der Waals surface area contributed by atoms with E-state index in [2.05, 4.69) is 31.0 Å². The highest BCUT2D eigenvalue weighted by atomic mass is 16.5. The molecular weight excluding hydrogens is 410 g/mol. The molecule has 0 spiro atoms. The summed E-state index contributed by atoms with van der Waals surface area (Å²) in [6.07, 6.45) is 0.311. The highest BCUT2D eigenvalue weighted by Crippen LogP contribution is 2.24. The maximum atomic E-state index is 12.4. The van der Waals surface area contributed by atoms with Crippen LogP contribution in [0.1, 0.15) is 44.0 Å². The van der Waals surface area contributed by atoms with Gasteiger partial charge in [0.2, 0.25) is 11.8 Å². The van der Waals surface area contributed by atoms with E-state index in [1.807, 2.05) is 12.1 Å². The van der Waals surface area contributed by atoms with Crippen LogP contribution in [0.2, 0.25) is 0 Å². The van der Waals surface area contributed by atoms with Crippen LogP contribution in [0.25, 0.3) is 0 Å². The van der Waals surface area contributed by atoms with Crippen LogP contribution in [0, 0.1) is 0 Å². The predicted molar refractivity (Wildman–Crippen MR) is 122 cm³/mol. The number of rotatable bonds is 8. The fourth-order valence-corrected chi connectivity index (χ4v) is 3.63. The lowest BCUT2D eigenvalue weighted by atomic mass is 10.2. The summed E-state index contributed by atoms with van der Waals surface area (Å²) in [4.78, 5) is 51.6. The van der Waals surface area contributed by atoms with Crippen molar-refractivity contribution in [1.82, 2.24) is 0 Å². The molecule has 2 aromatic carbocycles. The van der Waals surface area contributed by atoms with E-state index >= 15 is 0 Å². The molecule has 1 aliphatic rings. The summed E-state index contributed by atoms with van der Waals surface area (Å²) in [5, 5.41) is 2.70. The van der Waals surface area contributed by atoms with Gasteiger partial charge in [0, 0.05) is 36.8 Å². The first-order valence-electron chi connectivity index (χ1n) is 10.6. The highest BCUT2D eigenvalue weighted by Gasteiger charge is 2.30. The Morgan fingerprint density at radius 1 is 1.06 bits per heavy atom. The molecule has 0 aliphatic carbocycles. The molecule has 0 saturated carbocycles. The first-order valence-corrected chi connectivity index (χ1v) is 10.6. The first kappa shape index (κ1) is 23.0. The minimum Gasteiger partial charge on any atom is -0.452 e. The zero-order valence-electron chi connectivity index (χ0n) is 18.5. The van der Waals surface area contributed by atoms with Gasteiger partial charge < -0.3 is 15.0 Å². The minimum absolute atomic E-state index is 0.153. The van der Waals surface area contributed by atoms with E-state index in [0.717, 1.165) is 17.1 Å². The second-order valence-corrected chi connectivity index (χ2v) is 7.72. The number of nitrogens with one attached hydrogen (secondary N) is 1. The predicted octanol–water partition coefficient (Wildman–Crippen LogP) is 3.37. The van der Waals surface area contributed by atoms with E-state index in [9.17, 15) is 19.2 Å². The molecule has 1 aliphatic heterocycles. The molecule has 0 unspecified atom stereocenters. The topological polar surface area (TPSA) is 96.0 Å². The lowest BCUT2D eigenvalue weighted by molar-refractivity contribution is -0.121. The summed E-state index contributed by atoms with van der Waals surface area (Å²) >= 11 is 0. The van der Waals surface area contributed by atoms with Crippen LogP contribution in [0.4, 0.5) is 17.1 Å². The number of nitrogens with zero attached hydrogens (tertiary/aromatic N) is 2. The van der Waals surface area contributed by atoms with E-state index in [1.165, 1.54) is 12.1 Å². The number of carbonyl (C=O) groups excluding carboxylic acids is 4. The van der Waals surface area contributed by atoms with Gasteiger partial charge in [-0.25, -0.2) is 4.79 Å². The molecule has 8 heteroatoms. The fourth-order valence-electron chi connectivity index (χ4n) is 3.63. The molecule has 1 heterocycles. The van der Waals surface area contributed by atoms with Crippen molar-refractivity contribution < 1.29 is 23.9 Å². The first-order chi connectivity index (χ1) is 15.3. The normalized spacial score (nSPS) is 13.4. The molecule has 0 aromatic heterocycles. The Kier molecular flexibility index (Phi) is 7.25. The van der Waals surface area contributed by atoms with Crippen LogP contribution in [0.5, 0.6) is 0 Å². The van der Waals surface area contributed by atoms with Crippen molar-refractivity contribution in [2.24, 2.45) is 0 Å². The van der Waals surface area contributed by atoms with Gasteiger partial charge in [-0.05, 0) is 63.2 Å². The maximum absolute atomic E-state index is 12.4. The molecule has 168 valence electrons. The molecule has 3 amide bonds. The summed E-state index contributed by atoms with van der Waals surface area (Å²) in [5.74, 6) is -1.79. The van der Waals surface area contributed by atoms with Gasteiger partial charge in [0.15, 0.2) is 6.61 Å². The van der Waals surface area contributed by atoms with Crippen LogP contribution in [-0.2, 0) is 19.1 Å². The van der Waals surface area contributed by atoms with Crippen molar-refractivity contribution in [3.8, 4) is 0 Å². The zero-order chi connectivity index (χ0) is 23.3. The molecule has 0 bridgehead atoms. The number of esters is 1. The van der Waals surface area contributed by atoms with Crippen molar-refractivity contribution in [2.45, 2.75) is 39.7 Å². The van der Waals surface area contributed by atoms with Gasteiger partial charge in [-0.1, -0.05) is 6.07 Å². The Hall–Kier alpha value is -3.68. The van der Waals surface area contributed by atoms with Crippen LogP contribution in [-0.4, -0.2) is 42.9 Å². The average Bonchev–Trinajstić information content (AvgIpc) is 3.11. The highest BCUT2D eigenvalue weighted by molar-refractivity contribution is 6.20. The van der Waals surface area contributed by atoms with Gasteiger partial charge >= 0.3 is 5.97 Å². The number of carbonyl (C=O) groups is 4. The van der Waals surface area contributed by atoms with Crippen molar-refractivity contribution in [2.75, 3.05) is 28.3 Å². The summed E-state index contributed by atoms with van der Waals surface area (Å²) in [6, 6.07) is 13.9. The summed E-state index contributed by atoms with van der Waals surface area (Å²) in [6.45, 7) is 6.73. The van der Waals surface area contributed by atoms with E-state index in [-0.39, 0.29) is 30.2 Å². The van der Waals surface area contributed by atoms with Crippen LogP contribution >= 0.6 is 0 Å². The lowest BCUT2D eigenvalue weighted by Crippen LogP contribution is -2.30. The van der Waals surface area contributed by atoms with Crippen molar-refractivity contribution >= 4 is 40.8 Å². The van der Waals surface area contributed by atoms with E-state index in [1.54, 1.807) is 24.3 Å². The number of hydrogen-bond acceptors (Lipinski definition) is 6. The van der Waals surface area contributed by atoms with E-state index in [0.29, 0.717) is 17.4 Å². The van der Waals surface area contributed by atoms with Gasteiger partial charge in [0.05, 0.1) is 11.3 Å². The molecule has 3 rings (SSSR count). The molecule has 1 saturated heterocycles. The molecule has 1 fully saturated rings. The third kappa shape index (κ3) is 5.32. The molecule has 2 aromatic rings. The molecule has 1 N–H and O–H groups in total. The van der Waals surface area contributed by atoms with Gasteiger partial charge in [0.25, 0.3) is 5.91 Å². The second-order valence-electron chi connectivity index (χ2n) is 7.72. The van der Waals surface area contributed by atoms with Gasteiger partial charge in [-0.3, -0.25) is 19.3 Å². The summed E-state index contributed by atoms with van der Waals surface area (Å²) in [5.41, 5.74) is 2.13.